The van der Waals surface area contributed by atoms with E-state index < -0.39 is 5.41 Å². The highest BCUT2D eigenvalue weighted by molar-refractivity contribution is 9.10. The van der Waals surface area contributed by atoms with E-state index in [0.29, 0.717) is 12.8 Å². The summed E-state index contributed by atoms with van der Waals surface area (Å²) in [6.45, 7) is 1.06. The number of carbonyl (C=O) groups excluding carboxylic acids is 2. The summed E-state index contributed by atoms with van der Waals surface area (Å²) >= 11 is 3.41. The van der Waals surface area contributed by atoms with Crippen molar-refractivity contribution in [3.63, 3.8) is 0 Å². The first-order valence-corrected chi connectivity index (χ1v) is 8.77. The van der Waals surface area contributed by atoms with Crippen molar-refractivity contribution >= 4 is 27.5 Å². The smallest absolute Gasteiger partial charge is 0.140 e. The Balaban J connectivity index is 0.000000333. The van der Waals surface area contributed by atoms with Gasteiger partial charge in [0.2, 0.25) is 0 Å². The van der Waals surface area contributed by atoms with Gasteiger partial charge in [0.05, 0.1) is 37.8 Å². The average Bonchev–Trinajstić information content (AvgIpc) is 2.60. The monoisotopic (exact) mass is 416 g/mol. The summed E-state index contributed by atoms with van der Waals surface area (Å²) in [4.78, 5) is 22.8. The van der Waals surface area contributed by atoms with Crippen molar-refractivity contribution in [1.29, 1.82) is 0 Å². The Morgan fingerprint density at radius 2 is 1.64 bits per heavy atom. The van der Waals surface area contributed by atoms with Crippen LogP contribution in [-0.2, 0) is 9.59 Å². The summed E-state index contributed by atoms with van der Waals surface area (Å²) in [5.74, 6) is 0.851. The first kappa shape index (κ1) is 21.8. The van der Waals surface area contributed by atoms with Gasteiger partial charge in [0.1, 0.15) is 17.3 Å². The SMILES string of the molecule is CC(CO)(CO)CO.COc1ccc(C2CC(=O)CC(=O)C2)cc1Br. The van der Waals surface area contributed by atoms with Crippen LogP contribution in [-0.4, -0.2) is 53.8 Å². The van der Waals surface area contributed by atoms with Crippen LogP contribution >= 0.6 is 15.9 Å². The molecule has 0 aliphatic heterocycles. The van der Waals surface area contributed by atoms with Crippen LogP contribution in [0, 0.1) is 5.41 Å². The van der Waals surface area contributed by atoms with E-state index in [-0.39, 0.29) is 43.7 Å². The molecule has 6 nitrogen and oxygen atoms in total. The van der Waals surface area contributed by atoms with Gasteiger partial charge in [0.15, 0.2) is 0 Å². The van der Waals surface area contributed by atoms with Crippen LogP contribution in [0.3, 0.4) is 0 Å². The lowest BCUT2D eigenvalue weighted by Crippen LogP contribution is -2.29. The van der Waals surface area contributed by atoms with E-state index in [4.69, 9.17) is 20.1 Å². The van der Waals surface area contributed by atoms with E-state index in [1.54, 1.807) is 14.0 Å². The standard InChI is InChI=1S/C13H13BrO3.C5H12O3/c1-17-13-3-2-8(6-12(13)14)9-4-10(15)7-11(16)5-9;1-5(2-6,3-7)4-8/h2-3,6,9H,4-5,7H2,1H3;6-8H,2-4H2,1H3. The van der Waals surface area contributed by atoms with Crippen LogP contribution in [0.25, 0.3) is 0 Å². The number of hydrogen-bond acceptors (Lipinski definition) is 6. The zero-order valence-electron chi connectivity index (χ0n) is 14.5. The van der Waals surface area contributed by atoms with Crippen LogP contribution < -0.4 is 4.74 Å². The summed E-state index contributed by atoms with van der Waals surface area (Å²) < 4.78 is 6.00. The first-order chi connectivity index (χ1) is 11.8. The highest BCUT2D eigenvalue weighted by atomic mass is 79.9. The lowest BCUT2D eigenvalue weighted by molar-refractivity contribution is -0.130. The maximum atomic E-state index is 11.4. The van der Waals surface area contributed by atoms with E-state index in [1.807, 2.05) is 18.2 Å². The second-order valence-electron chi connectivity index (χ2n) is 6.54. The number of rotatable bonds is 5. The number of methoxy groups -OCH3 is 1. The van der Waals surface area contributed by atoms with Gasteiger partial charge in [-0.1, -0.05) is 13.0 Å². The van der Waals surface area contributed by atoms with Crippen LogP contribution in [0.5, 0.6) is 5.75 Å². The van der Waals surface area contributed by atoms with Gasteiger partial charge in [-0.3, -0.25) is 9.59 Å². The molecular weight excluding hydrogens is 392 g/mol. The number of ketones is 2. The van der Waals surface area contributed by atoms with Crippen LogP contribution in [0.1, 0.15) is 37.7 Å². The number of hydrogen-bond donors (Lipinski definition) is 3. The molecule has 0 radical (unpaired) electrons. The van der Waals surface area contributed by atoms with E-state index in [1.165, 1.54) is 0 Å². The molecule has 0 heterocycles. The average molecular weight is 417 g/mol. The molecule has 1 aromatic carbocycles. The molecular formula is C18H25BrO6. The predicted octanol–water partition coefficient (Wildman–Crippen LogP) is 1.83. The molecule has 1 aliphatic rings. The molecule has 1 fully saturated rings. The molecule has 0 bridgehead atoms. The van der Waals surface area contributed by atoms with E-state index in [2.05, 4.69) is 15.9 Å². The Labute approximate surface area is 155 Å². The number of aliphatic hydroxyl groups is 3. The lowest BCUT2D eigenvalue weighted by atomic mass is 9.83. The second kappa shape index (κ2) is 10.0. The molecule has 25 heavy (non-hydrogen) atoms. The fourth-order valence-electron chi connectivity index (χ4n) is 2.31. The highest BCUT2D eigenvalue weighted by Gasteiger charge is 2.26. The lowest BCUT2D eigenvalue weighted by Gasteiger charge is -2.20. The maximum Gasteiger partial charge on any atom is 0.140 e. The summed E-state index contributed by atoms with van der Waals surface area (Å²) in [6.07, 6.45) is 1.03. The first-order valence-electron chi connectivity index (χ1n) is 7.98. The summed E-state index contributed by atoms with van der Waals surface area (Å²) in [6, 6.07) is 5.69. The Morgan fingerprint density at radius 1 is 1.12 bits per heavy atom. The maximum absolute atomic E-state index is 11.4. The minimum absolute atomic E-state index is 0.0194. The Bertz CT molecular complexity index is 573. The van der Waals surface area contributed by atoms with Gasteiger partial charge in [0.25, 0.3) is 0 Å². The summed E-state index contributed by atoms with van der Waals surface area (Å²) in [5.41, 5.74) is 0.305. The van der Waals surface area contributed by atoms with E-state index in [9.17, 15) is 9.59 Å². The van der Waals surface area contributed by atoms with Gasteiger partial charge in [-0.2, -0.15) is 0 Å². The van der Waals surface area contributed by atoms with Gasteiger partial charge >= 0.3 is 0 Å². The third-order valence-electron chi connectivity index (χ3n) is 4.13. The number of carbonyl (C=O) groups is 2. The molecule has 0 amide bonds. The number of halogens is 1. The Morgan fingerprint density at radius 3 is 2.00 bits per heavy atom. The number of aliphatic hydroxyl groups excluding tert-OH is 3. The van der Waals surface area contributed by atoms with Crippen molar-refractivity contribution in [1.82, 2.24) is 0 Å². The van der Waals surface area contributed by atoms with Crippen molar-refractivity contribution in [2.45, 2.75) is 32.1 Å². The third-order valence-corrected chi connectivity index (χ3v) is 4.75. The molecule has 0 unspecified atom stereocenters. The number of Topliss-reactive ketones (excluding diaryl/α,β-unsaturated/α-hetero) is 2. The number of benzene rings is 1. The largest absolute Gasteiger partial charge is 0.496 e. The zero-order chi connectivity index (χ0) is 19.0. The zero-order valence-corrected chi connectivity index (χ0v) is 16.1. The number of ether oxygens (including phenoxy) is 1. The minimum atomic E-state index is -0.708. The normalized spacial score (nSPS) is 15.6. The van der Waals surface area contributed by atoms with Crippen LogP contribution in [0.15, 0.2) is 22.7 Å². The Hall–Kier alpha value is -1.28. The van der Waals surface area contributed by atoms with Crippen LogP contribution in [0.4, 0.5) is 0 Å². The quantitative estimate of drug-likeness (QED) is 0.632. The molecule has 2 rings (SSSR count). The predicted molar refractivity (Wildman–Crippen MR) is 96.7 cm³/mol. The molecule has 1 aliphatic carbocycles. The summed E-state index contributed by atoms with van der Waals surface area (Å²) in [5, 5.41) is 25.4. The van der Waals surface area contributed by atoms with Crippen LogP contribution in [0.2, 0.25) is 0 Å². The molecule has 140 valence electrons. The summed E-state index contributed by atoms with van der Waals surface area (Å²) in [7, 11) is 1.60. The molecule has 1 saturated carbocycles. The molecule has 0 aromatic heterocycles. The Kier molecular flexibility index (Phi) is 8.71. The minimum Gasteiger partial charge on any atom is -0.496 e. The molecule has 7 heteroatoms. The van der Waals surface area contributed by atoms with Crippen molar-refractivity contribution in [2.75, 3.05) is 26.9 Å². The van der Waals surface area contributed by atoms with Gasteiger partial charge in [-0.05, 0) is 39.5 Å². The van der Waals surface area contributed by atoms with Crippen molar-refractivity contribution < 1.29 is 29.6 Å². The van der Waals surface area contributed by atoms with Crippen molar-refractivity contribution in [3.8, 4) is 5.75 Å². The van der Waals surface area contributed by atoms with Crippen molar-refractivity contribution in [2.24, 2.45) is 5.41 Å². The fourth-order valence-corrected chi connectivity index (χ4v) is 2.87. The molecule has 1 aromatic rings. The molecule has 3 N–H and O–H groups in total. The topological polar surface area (TPSA) is 104 Å². The highest BCUT2D eigenvalue weighted by Crippen LogP contribution is 2.34. The van der Waals surface area contributed by atoms with E-state index in [0.717, 1.165) is 15.8 Å². The van der Waals surface area contributed by atoms with Gasteiger partial charge in [0, 0.05) is 18.3 Å². The molecule has 0 atom stereocenters. The van der Waals surface area contributed by atoms with Gasteiger partial charge < -0.3 is 20.1 Å². The fraction of sp³-hybridized carbons (Fsp3) is 0.556. The van der Waals surface area contributed by atoms with E-state index >= 15 is 0 Å². The third kappa shape index (κ3) is 6.51. The molecule has 0 spiro atoms. The van der Waals surface area contributed by atoms with Crippen molar-refractivity contribution in [3.05, 3.63) is 28.2 Å². The van der Waals surface area contributed by atoms with Gasteiger partial charge in [-0.15, -0.1) is 0 Å². The second-order valence-corrected chi connectivity index (χ2v) is 7.39. The van der Waals surface area contributed by atoms with Gasteiger partial charge in [-0.25, -0.2) is 0 Å². The molecule has 0 saturated heterocycles.